The number of carbonyl (C=O) groups is 1. The summed E-state index contributed by atoms with van der Waals surface area (Å²) in [6.45, 7) is 11.8. The number of aliphatic hydroxyl groups is 1. The number of ether oxygens (including phenoxy) is 1. The molecule has 0 radical (unpaired) electrons. The molecule has 1 aliphatic rings. The zero-order valence-corrected chi connectivity index (χ0v) is 18.9. The number of carbonyl (C=O) groups excluding carboxylic acids is 1. The van der Waals surface area contributed by atoms with Gasteiger partial charge in [-0.25, -0.2) is 9.59 Å². The van der Waals surface area contributed by atoms with E-state index in [1.54, 1.807) is 17.0 Å². The first-order valence-corrected chi connectivity index (χ1v) is 10.8. The lowest BCUT2D eigenvalue weighted by atomic mass is 10.0. The van der Waals surface area contributed by atoms with Gasteiger partial charge in [0.1, 0.15) is 5.58 Å². The Morgan fingerprint density at radius 1 is 1.26 bits per heavy atom. The summed E-state index contributed by atoms with van der Waals surface area (Å²) in [6, 6.07) is 5.03. The van der Waals surface area contributed by atoms with Crippen molar-refractivity contribution in [3.05, 3.63) is 39.7 Å². The largest absolute Gasteiger partial charge is 0.422 e. The molecule has 1 aliphatic heterocycles. The van der Waals surface area contributed by atoms with E-state index in [-0.39, 0.29) is 24.8 Å². The van der Waals surface area contributed by atoms with Crippen LogP contribution in [0.5, 0.6) is 0 Å². The van der Waals surface area contributed by atoms with E-state index in [2.05, 4.69) is 10.2 Å². The number of fused-ring (bicyclic) bond motifs is 1. The third-order valence-corrected chi connectivity index (χ3v) is 5.70. The van der Waals surface area contributed by atoms with Crippen molar-refractivity contribution in [1.82, 2.24) is 9.80 Å². The van der Waals surface area contributed by atoms with Crippen LogP contribution in [-0.4, -0.2) is 72.5 Å². The Balaban J connectivity index is 1.79. The van der Waals surface area contributed by atoms with Gasteiger partial charge in [0.25, 0.3) is 0 Å². The van der Waals surface area contributed by atoms with Crippen molar-refractivity contribution in [2.75, 3.05) is 51.3 Å². The molecule has 1 aromatic heterocycles. The highest BCUT2D eigenvalue weighted by Gasteiger charge is 2.26. The third-order valence-electron chi connectivity index (χ3n) is 5.70. The van der Waals surface area contributed by atoms with Crippen molar-refractivity contribution >= 4 is 22.7 Å². The number of benzene rings is 1. The number of aryl methyl sites for hydroxylation is 1. The molecule has 1 saturated heterocycles. The van der Waals surface area contributed by atoms with E-state index in [0.717, 1.165) is 43.8 Å². The minimum Gasteiger partial charge on any atom is -0.422 e. The molecule has 0 aliphatic carbocycles. The van der Waals surface area contributed by atoms with Crippen LogP contribution in [0.2, 0.25) is 0 Å². The summed E-state index contributed by atoms with van der Waals surface area (Å²) in [5, 5.41) is 13.0. The molecule has 31 heavy (non-hydrogen) atoms. The molecule has 0 bridgehead atoms. The molecular weight excluding hydrogens is 398 g/mol. The molecule has 1 aromatic carbocycles. The topological polar surface area (TPSA) is 95.2 Å². The Morgan fingerprint density at radius 2 is 1.97 bits per heavy atom. The molecule has 2 N–H and O–H groups in total. The Bertz CT molecular complexity index is 974. The predicted octanol–water partition coefficient (Wildman–Crippen LogP) is 2.60. The quantitative estimate of drug-likeness (QED) is 0.683. The molecule has 8 nitrogen and oxygen atoms in total. The second kappa shape index (κ2) is 9.80. The molecule has 2 amide bonds. The van der Waals surface area contributed by atoms with Gasteiger partial charge in [-0.15, -0.1) is 0 Å². The number of urea groups is 1. The molecule has 8 heteroatoms. The number of anilines is 1. The maximum atomic E-state index is 12.7. The number of aliphatic hydroxyl groups excluding tert-OH is 1. The Hall–Kier alpha value is -2.42. The van der Waals surface area contributed by atoms with Crippen molar-refractivity contribution in [2.45, 2.75) is 39.7 Å². The normalized spacial score (nSPS) is 15.3. The summed E-state index contributed by atoms with van der Waals surface area (Å²) in [5.41, 5.74) is 1.81. The van der Waals surface area contributed by atoms with Crippen molar-refractivity contribution < 1.29 is 19.1 Å². The van der Waals surface area contributed by atoms with E-state index in [1.165, 1.54) is 0 Å². The summed E-state index contributed by atoms with van der Waals surface area (Å²) in [4.78, 5) is 29.2. The van der Waals surface area contributed by atoms with E-state index in [1.807, 2.05) is 33.8 Å². The zero-order chi connectivity index (χ0) is 22.6. The standard InChI is InChI=1S/C23H33N3O5/c1-16-18-6-5-17(24-22(29)26(9-12-27)23(2,3)4)15-20(18)31-21(28)19(16)7-8-25-10-13-30-14-11-25/h5-6,15,27H,7-14H2,1-4H3,(H,24,29). The van der Waals surface area contributed by atoms with Crippen LogP contribution in [0.15, 0.2) is 27.4 Å². The molecule has 1 fully saturated rings. The number of hydrogen-bond acceptors (Lipinski definition) is 6. The second-order valence-electron chi connectivity index (χ2n) is 8.88. The monoisotopic (exact) mass is 431 g/mol. The molecule has 170 valence electrons. The summed E-state index contributed by atoms with van der Waals surface area (Å²) in [5.74, 6) is 0. The van der Waals surface area contributed by atoms with Crippen LogP contribution < -0.4 is 10.9 Å². The van der Waals surface area contributed by atoms with Gasteiger partial charge in [0.2, 0.25) is 0 Å². The van der Waals surface area contributed by atoms with Gasteiger partial charge in [0, 0.05) is 54.4 Å². The molecule has 2 heterocycles. The lowest BCUT2D eigenvalue weighted by Crippen LogP contribution is -2.49. The van der Waals surface area contributed by atoms with Gasteiger partial charge in [0.05, 0.1) is 19.8 Å². The zero-order valence-electron chi connectivity index (χ0n) is 18.9. The lowest BCUT2D eigenvalue weighted by Gasteiger charge is -2.35. The van der Waals surface area contributed by atoms with E-state index in [9.17, 15) is 14.7 Å². The Kier molecular flexibility index (Phi) is 7.35. The van der Waals surface area contributed by atoms with Gasteiger partial charge in [-0.3, -0.25) is 4.90 Å². The fourth-order valence-electron chi connectivity index (χ4n) is 3.89. The smallest absolute Gasteiger partial charge is 0.339 e. The van der Waals surface area contributed by atoms with Crippen LogP contribution in [0.3, 0.4) is 0 Å². The first-order valence-electron chi connectivity index (χ1n) is 10.8. The number of nitrogens with one attached hydrogen (secondary N) is 1. The molecule has 0 saturated carbocycles. The Labute approximate surface area is 182 Å². The maximum absolute atomic E-state index is 12.7. The van der Waals surface area contributed by atoms with E-state index >= 15 is 0 Å². The average molecular weight is 432 g/mol. The Morgan fingerprint density at radius 3 is 2.61 bits per heavy atom. The molecule has 3 rings (SSSR count). The van der Waals surface area contributed by atoms with Gasteiger partial charge < -0.3 is 24.5 Å². The summed E-state index contributed by atoms with van der Waals surface area (Å²) >= 11 is 0. The van der Waals surface area contributed by atoms with E-state index in [4.69, 9.17) is 9.15 Å². The number of β-amino-alcohol motifs (C(OH)–C–C–N with tert-alkyl or cyclic N) is 1. The van der Waals surface area contributed by atoms with Gasteiger partial charge >= 0.3 is 11.7 Å². The van der Waals surface area contributed by atoms with Gasteiger partial charge in [-0.05, 0) is 51.8 Å². The summed E-state index contributed by atoms with van der Waals surface area (Å²) in [6.07, 6.45) is 0.629. The molecular formula is C23H33N3O5. The number of rotatable bonds is 6. The highest BCUT2D eigenvalue weighted by molar-refractivity contribution is 5.93. The van der Waals surface area contributed by atoms with Gasteiger partial charge in [-0.1, -0.05) is 0 Å². The highest BCUT2D eigenvalue weighted by Crippen LogP contribution is 2.24. The van der Waals surface area contributed by atoms with Crippen LogP contribution in [-0.2, 0) is 11.2 Å². The second-order valence-corrected chi connectivity index (χ2v) is 8.88. The van der Waals surface area contributed by atoms with Crippen molar-refractivity contribution in [2.24, 2.45) is 0 Å². The SMILES string of the molecule is Cc1c(CCN2CCOCC2)c(=O)oc2cc(NC(=O)N(CCO)C(C)(C)C)ccc12. The van der Waals surface area contributed by atoms with Crippen LogP contribution >= 0.6 is 0 Å². The number of morpholine rings is 1. The molecule has 0 unspecified atom stereocenters. The molecule has 2 aromatic rings. The summed E-state index contributed by atoms with van der Waals surface area (Å²) < 4.78 is 11.0. The average Bonchev–Trinajstić information content (AvgIpc) is 2.71. The van der Waals surface area contributed by atoms with Crippen LogP contribution in [0, 0.1) is 6.92 Å². The van der Waals surface area contributed by atoms with Gasteiger partial charge in [-0.2, -0.15) is 0 Å². The highest BCUT2D eigenvalue weighted by atomic mass is 16.5. The first-order chi connectivity index (χ1) is 14.7. The predicted molar refractivity (Wildman–Crippen MR) is 121 cm³/mol. The minimum absolute atomic E-state index is 0.121. The fraction of sp³-hybridized carbons (Fsp3) is 0.565. The number of hydrogen-bond donors (Lipinski definition) is 2. The van der Waals surface area contributed by atoms with Crippen LogP contribution in [0.25, 0.3) is 11.0 Å². The minimum atomic E-state index is -0.442. The first kappa shape index (κ1) is 23.2. The van der Waals surface area contributed by atoms with E-state index in [0.29, 0.717) is 23.3 Å². The third kappa shape index (κ3) is 5.64. The van der Waals surface area contributed by atoms with Crippen molar-refractivity contribution in [3.63, 3.8) is 0 Å². The molecule has 0 spiro atoms. The molecule has 0 atom stereocenters. The van der Waals surface area contributed by atoms with Crippen LogP contribution in [0.1, 0.15) is 31.9 Å². The van der Waals surface area contributed by atoms with E-state index < -0.39 is 5.54 Å². The fourth-order valence-corrected chi connectivity index (χ4v) is 3.89. The van der Waals surface area contributed by atoms with Gasteiger partial charge in [0.15, 0.2) is 0 Å². The van der Waals surface area contributed by atoms with Crippen molar-refractivity contribution in [1.29, 1.82) is 0 Å². The maximum Gasteiger partial charge on any atom is 0.339 e. The summed E-state index contributed by atoms with van der Waals surface area (Å²) in [7, 11) is 0. The van der Waals surface area contributed by atoms with Crippen molar-refractivity contribution in [3.8, 4) is 0 Å². The number of nitrogens with zero attached hydrogens (tertiary/aromatic N) is 2. The van der Waals surface area contributed by atoms with Crippen LogP contribution in [0.4, 0.5) is 10.5 Å². The number of amides is 2. The lowest BCUT2D eigenvalue weighted by molar-refractivity contribution is 0.0383.